The maximum absolute atomic E-state index is 12.1. The van der Waals surface area contributed by atoms with E-state index < -0.39 is 0 Å². The number of rotatable bonds is 6. The number of carbonyl (C=O) groups excluding carboxylic acids is 1. The molecule has 1 aromatic carbocycles. The predicted octanol–water partition coefficient (Wildman–Crippen LogP) is 1.61. The Labute approximate surface area is 114 Å². The van der Waals surface area contributed by atoms with Crippen LogP contribution in [0.5, 0.6) is 5.75 Å². The van der Waals surface area contributed by atoms with E-state index in [9.17, 15) is 4.79 Å². The van der Waals surface area contributed by atoms with E-state index in [1.807, 2.05) is 12.1 Å². The zero-order chi connectivity index (χ0) is 13.9. The molecule has 2 rings (SSSR count). The first kappa shape index (κ1) is 13.9. The number of carbonyl (C=O) groups is 1. The molecule has 3 N–H and O–H groups in total. The predicted molar refractivity (Wildman–Crippen MR) is 74.9 cm³/mol. The molecule has 4 heteroatoms. The van der Waals surface area contributed by atoms with Crippen molar-refractivity contribution >= 4 is 5.91 Å². The third kappa shape index (κ3) is 2.89. The SMILES string of the molecule is CCc1ccc(OC)c(CNC(=O)C2(CN)CC2)c1. The first-order valence-electron chi connectivity index (χ1n) is 6.79. The summed E-state index contributed by atoms with van der Waals surface area (Å²) in [4.78, 5) is 12.1. The number of hydrogen-bond acceptors (Lipinski definition) is 3. The van der Waals surface area contributed by atoms with Crippen LogP contribution in [-0.4, -0.2) is 19.6 Å². The number of amides is 1. The van der Waals surface area contributed by atoms with Crippen molar-refractivity contribution in [1.29, 1.82) is 0 Å². The van der Waals surface area contributed by atoms with Crippen LogP contribution in [-0.2, 0) is 17.8 Å². The molecule has 1 aliphatic rings. The topological polar surface area (TPSA) is 64.3 Å². The molecule has 1 fully saturated rings. The van der Waals surface area contributed by atoms with Gasteiger partial charge in [-0.2, -0.15) is 0 Å². The van der Waals surface area contributed by atoms with Gasteiger partial charge in [0, 0.05) is 18.7 Å². The molecule has 0 radical (unpaired) electrons. The van der Waals surface area contributed by atoms with Crippen molar-refractivity contribution in [3.05, 3.63) is 29.3 Å². The molecule has 0 aromatic heterocycles. The number of nitrogens with two attached hydrogens (primary N) is 1. The minimum absolute atomic E-state index is 0.0685. The van der Waals surface area contributed by atoms with Gasteiger partial charge in [-0.15, -0.1) is 0 Å². The average molecular weight is 262 g/mol. The molecule has 0 aliphatic heterocycles. The van der Waals surface area contributed by atoms with Crippen LogP contribution in [0.15, 0.2) is 18.2 Å². The van der Waals surface area contributed by atoms with Gasteiger partial charge < -0.3 is 15.8 Å². The van der Waals surface area contributed by atoms with E-state index in [-0.39, 0.29) is 11.3 Å². The Hall–Kier alpha value is -1.55. The summed E-state index contributed by atoms with van der Waals surface area (Å²) in [5.41, 5.74) is 7.62. The fourth-order valence-electron chi connectivity index (χ4n) is 2.23. The second kappa shape index (κ2) is 5.61. The third-order valence-electron chi connectivity index (χ3n) is 3.92. The highest BCUT2D eigenvalue weighted by molar-refractivity contribution is 5.85. The van der Waals surface area contributed by atoms with Crippen molar-refractivity contribution in [3.63, 3.8) is 0 Å². The van der Waals surface area contributed by atoms with Crippen LogP contribution in [0.1, 0.15) is 30.9 Å². The molecule has 0 spiro atoms. The fraction of sp³-hybridized carbons (Fsp3) is 0.533. The highest BCUT2D eigenvalue weighted by atomic mass is 16.5. The molecule has 4 nitrogen and oxygen atoms in total. The summed E-state index contributed by atoms with van der Waals surface area (Å²) in [6, 6.07) is 6.09. The summed E-state index contributed by atoms with van der Waals surface area (Å²) in [5.74, 6) is 0.883. The average Bonchev–Trinajstić information content (AvgIpc) is 3.25. The van der Waals surface area contributed by atoms with Gasteiger partial charge in [0.1, 0.15) is 5.75 Å². The van der Waals surface area contributed by atoms with Crippen LogP contribution in [0, 0.1) is 5.41 Å². The van der Waals surface area contributed by atoms with E-state index in [1.54, 1.807) is 7.11 Å². The third-order valence-corrected chi connectivity index (χ3v) is 3.92. The van der Waals surface area contributed by atoms with Gasteiger partial charge in [-0.25, -0.2) is 0 Å². The van der Waals surface area contributed by atoms with Crippen molar-refractivity contribution in [3.8, 4) is 5.75 Å². The van der Waals surface area contributed by atoms with Crippen molar-refractivity contribution in [1.82, 2.24) is 5.32 Å². The Kier molecular flexibility index (Phi) is 4.10. The maximum Gasteiger partial charge on any atom is 0.227 e. The zero-order valence-corrected chi connectivity index (χ0v) is 11.7. The molecule has 0 unspecified atom stereocenters. The second-order valence-corrected chi connectivity index (χ2v) is 5.17. The van der Waals surface area contributed by atoms with Crippen molar-refractivity contribution in [2.45, 2.75) is 32.7 Å². The molecule has 19 heavy (non-hydrogen) atoms. The Balaban J connectivity index is 2.04. The van der Waals surface area contributed by atoms with Gasteiger partial charge in [0.15, 0.2) is 0 Å². The summed E-state index contributed by atoms with van der Waals surface area (Å²) < 4.78 is 5.33. The summed E-state index contributed by atoms with van der Waals surface area (Å²) in [5, 5.41) is 2.98. The fourth-order valence-corrected chi connectivity index (χ4v) is 2.23. The van der Waals surface area contributed by atoms with Gasteiger partial charge in [0.05, 0.1) is 12.5 Å². The molecule has 0 atom stereocenters. The molecule has 104 valence electrons. The van der Waals surface area contributed by atoms with Crippen molar-refractivity contribution in [2.24, 2.45) is 11.1 Å². The summed E-state index contributed by atoms with van der Waals surface area (Å²) in [6.45, 7) is 3.04. The van der Waals surface area contributed by atoms with E-state index in [2.05, 4.69) is 18.3 Å². The number of hydrogen-bond donors (Lipinski definition) is 2. The number of benzene rings is 1. The van der Waals surface area contributed by atoms with Crippen LogP contribution in [0.25, 0.3) is 0 Å². The van der Waals surface area contributed by atoms with Crippen LogP contribution in [0.2, 0.25) is 0 Å². The normalized spacial score (nSPS) is 15.9. The molecule has 0 heterocycles. The second-order valence-electron chi connectivity index (χ2n) is 5.17. The van der Waals surface area contributed by atoms with Gasteiger partial charge in [-0.3, -0.25) is 4.79 Å². The van der Waals surface area contributed by atoms with Gasteiger partial charge >= 0.3 is 0 Å². The minimum atomic E-state index is -0.296. The van der Waals surface area contributed by atoms with Crippen LogP contribution in [0.4, 0.5) is 0 Å². The lowest BCUT2D eigenvalue weighted by atomic mass is 10.1. The first-order valence-corrected chi connectivity index (χ1v) is 6.79. The van der Waals surface area contributed by atoms with Gasteiger partial charge in [0.25, 0.3) is 0 Å². The molecule has 1 amide bonds. The molecule has 1 aromatic rings. The maximum atomic E-state index is 12.1. The quantitative estimate of drug-likeness (QED) is 0.818. The standard InChI is InChI=1S/C15H22N2O2/c1-3-11-4-5-13(19-2)12(8-11)9-17-14(18)15(10-16)6-7-15/h4-5,8H,3,6-7,9-10,16H2,1-2H3,(H,17,18). The van der Waals surface area contributed by atoms with Crippen LogP contribution >= 0.6 is 0 Å². The van der Waals surface area contributed by atoms with Crippen molar-refractivity contribution < 1.29 is 9.53 Å². The smallest absolute Gasteiger partial charge is 0.227 e. The van der Waals surface area contributed by atoms with E-state index >= 15 is 0 Å². The number of ether oxygens (including phenoxy) is 1. The first-order chi connectivity index (χ1) is 9.15. The Morgan fingerprint density at radius 2 is 2.21 bits per heavy atom. The number of aryl methyl sites for hydroxylation is 1. The largest absolute Gasteiger partial charge is 0.496 e. The molecule has 0 saturated heterocycles. The summed E-state index contributed by atoms with van der Waals surface area (Å²) in [7, 11) is 1.65. The lowest BCUT2D eigenvalue weighted by Crippen LogP contribution is -2.36. The van der Waals surface area contributed by atoms with E-state index in [0.29, 0.717) is 13.1 Å². The van der Waals surface area contributed by atoms with E-state index in [1.165, 1.54) is 5.56 Å². The van der Waals surface area contributed by atoms with Gasteiger partial charge in [-0.1, -0.05) is 19.1 Å². The Bertz CT molecular complexity index is 467. The van der Waals surface area contributed by atoms with E-state index in [0.717, 1.165) is 30.6 Å². The summed E-state index contributed by atoms with van der Waals surface area (Å²) in [6.07, 6.45) is 2.78. The molecule has 1 aliphatic carbocycles. The monoisotopic (exact) mass is 262 g/mol. The molecule has 0 bridgehead atoms. The summed E-state index contributed by atoms with van der Waals surface area (Å²) >= 11 is 0. The number of nitrogens with one attached hydrogen (secondary N) is 1. The van der Waals surface area contributed by atoms with Crippen LogP contribution < -0.4 is 15.8 Å². The molecular weight excluding hydrogens is 240 g/mol. The highest BCUT2D eigenvalue weighted by Gasteiger charge is 2.48. The molecule has 1 saturated carbocycles. The van der Waals surface area contributed by atoms with Crippen molar-refractivity contribution in [2.75, 3.05) is 13.7 Å². The lowest BCUT2D eigenvalue weighted by molar-refractivity contribution is -0.126. The van der Waals surface area contributed by atoms with E-state index in [4.69, 9.17) is 10.5 Å². The lowest BCUT2D eigenvalue weighted by Gasteiger charge is -2.15. The van der Waals surface area contributed by atoms with Gasteiger partial charge in [0.2, 0.25) is 5.91 Å². The molecular formula is C15H22N2O2. The minimum Gasteiger partial charge on any atom is -0.496 e. The van der Waals surface area contributed by atoms with Gasteiger partial charge in [-0.05, 0) is 30.9 Å². The Morgan fingerprint density at radius 1 is 1.47 bits per heavy atom. The Morgan fingerprint density at radius 3 is 2.74 bits per heavy atom. The highest BCUT2D eigenvalue weighted by Crippen LogP contribution is 2.44. The number of methoxy groups -OCH3 is 1. The van der Waals surface area contributed by atoms with Crippen LogP contribution in [0.3, 0.4) is 0 Å². The zero-order valence-electron chi connectivity index (χ0n) is 11.7.